The van der Waals surface area contributed by atoms with Crippen LogP contribution < -0.4 is 0 Å². The van der Waals surface area contributed by atoms with E-state index in [0.717, 1.165) is 12.5 Å². The van der Waals surface area contributed by atoms with Crippen LogP contribution in [-0.2, 0) is 0 Å². The summed E-state index contributed by atoms with van der Waals surface area (Å²) in [5, 5.41) is 0. The zero-order valence-electron chi connectivity index (χ0n) is 10.2. The van der Waals surface area contributed by atoms with Crippen LogP contribution in [0.5, 0.6) is 0 Å². The lowest BCUT2D eigenvalue weighted by molar-refractivity contribution is 0.332. The molecule has 0 aliphatic rings. The minimum Gasteiger partial charge on any atom is -0.307 e. The minimum absolute atomic E-state index is 0.722. The number of nitrogens with zero attached hydrogens (tertiary/aromatic N) is 1. The molecule has 1 rings (SSSR count). The Morgan fingerprint density at radius 3 is 2.33 bits per heavy atom. The summed E-state index contributed by atoms with van der Waals surface area (Å²) in [6.45, 7) is 6.84. The molecule has 1 aromatic carbocycles. The maximum absolute atomic E-state index is 2.38. The van der Waals surface area contributed by atoms with Crippen LogP contribution >= 0.6 is 0 Å². The summed E-state index contributed by atoms with van der Waals surface area (Å²) in [5.74, 6) is 0.722. The van der Waals surface area contributed by atoms with E-state index in [1.165, 1.54) is 24.9 Å². The summed E-state index contributed by atoms with van der Waals surface area (Å²) in [6, 6.07) is 10.9. The van der Waals surface area contributed by atoms with Crippen molar-refractivity contribution in [3.63, 3.8) is 0 Å². The van der Waals surface area contributed by atoms with Crippen molar-refractivity contribution in [2.24, 2.45) is 0 Å². The third-order valence-corrected chi connectivity index (χ3v) is 3.16. The molecule has 0 heterocycles. The van der Waals surface area contributed by atoms with Crippen LogP contribution in [0.1, 0.15) is 38.2 Å². The van der Waals surface area contributed by atoms with E-state index < -0.39 is 0 Å². The zero-order chi connectivity index (χ0) is 11.1. The summed E-state index contributed by atoms with van der Waals surface area (Å²) in [6.07, 6.45) is 2.51. The first-order chi connectivity index (χ1) is 7.27. The van der Waals surface area contributed by atoms with Gasteiger partial charge in [0.1, 0.15) is 0 Å². The summed E-state index contributed by atoms with van der Waals surface area (Å²) in [5.41, 5.74) is 1.49. The van der Waals surface area contributed by atoms with Crippen LogP contribution in [0, 0.1) is 0 Å². The maximum Gasteiger partial charge on any atom is -0.00161 e. The summed E-state index contributed by atoms with van der Waals surface area (Å²) in [4.78, 5) is 2.38. The van der Waals surface area contributed by atoms with Crippen LogP contribution in [0.15, 0.2) is 30.3 Å². The first-order valence-electron chi connectivity index (χ1n) is 6.01. The van der Waals surface area contributed by atoms with Crippen LogP contribution in [0.4, 0.5) is 0 Å². The van der Waals surface area contributed by atoms with E-state index in [0.29, 0.717) is 0 Å². The zero-order valence-corrected chi connectivity index (χ0v) is 10.2. The molecule has 0 amide bonds. The van der Waals surface area contributed by atoms with Gasteiger partial charge in [-0.3, -0.25) is 0 Å². The molecule has 1 aromatic rings. The van der Waals surface area contributed by atoms with Crippen molar-refractivity contribution < 1.29 is 0 Å². The third kappa shape index (κ3) is 4.05. The molecule has 0 saturated heterocycles. The van der Waals surface area contributed by atoms with Gasteiger partial charge in [0.25, 0.3) is 0 Å². The average molecular weight is 205 g/mol. The van der Waals surface area contributed by atoms with Gasteiger partial charge in [0.2, 0.25) is 0 Å². The Morgan fingerprint density at radius 1 is 1.13 bits per heavy atom. The van der Waals surface area contributed by atoms with Crippen molar-refractivity contribution in [3.05, 3.63) is 35.9 Å². The van der Waals surface area contributed by atoms with E-state index in [4.69, 9.17) is 0 Å². The first kappa shape index (κ1) is 12.3. The molecule has 84 valence electrons. The second kappa shape index (κ2) is 6.62. The van der Waals surface area contributed by atoms with Crippen molar-refractivity contribution in [2.45, 2.75) is 32.6 Å². The molecule has 0 aliphatic heterocycles. The number of hydrogen-bond donors (Lipinski definition) is 0. The molecular weight excluding hydrogens is 182 g/mol. The van der Waals surface area contributed by atoms with E-state index >= 15 is 0 Å². The molecule has 1 atom stereocenters. The summed E-state index contributed by atoms with van der Waals surface area (Å²) >= 11 is 0. The van der Waals surface area contributed by atoms with Gasteiger partial charge in [-0.05, 0) is 44.5 Å². The molecule has 1 heteroatoms. The summed E-state index contributed by atoms with van der Waals surface area (Å²) < 4.78 is 0. The second-order valence-electron chi connectivity index (χ2n) is 4.20. The Morgan fingerprint density at radius 2 is 1.80 bits per heavy atom. The Hall–Kier alpha value is -0.820. The maximum atomic E-state index is 2.38. The van der Waals surface area contributed by atoms with Crippen molar-refractivity contribution >= 4 is 0 Å². The smallest absolute Gasteiger partial charge is 0.00161 e. The van der Waals surface area contributed by atoms with E-state index in [2.05, 4.69) is 56.1 Å². The first-order valence-corrected chi connectivity index (χ1v) is 6.01. The molecule has 0 aromatic heterocycles. The van der Waals surface area contributed by atoms with Gasteiger partial charge in [-0.1, -0.05) is 44.2 Å². The van der Waals surface area contributed by atoms with Crippen molar-refractivity contribution in [1.82, 2.24) is 4.90 Å². The molecule has 1 unspecified atom stereocenters. The minimum atomic E-state index is 0.722. The van der Waals surface area contributed by atoms with E-state index in [-0.39, 0.29) is 0 Å². The van der Waals surface area contributed by atoms with Gasteiger partial charge in [0.05, 0.1) is 0 Å². The van der Waals surface area contributed by atoms with Crippen LogP contribution in [-0.4, -0.2) is 25.0 Å². The largest absolute Gasteiger partial charge is 0.307 e. The number of benzene rings is 1. The van der Waals surface area contributed by atoms with Gasteiger partial charge in [-0.2, -0.15) is 0 Å². The third-order valence-electron chi connectivity index (χ3n) is 3.16. The normalized spacial score (nSPS) is 13.1. The summed E-state index contributed by atoms with van der Waals surface area (Å²) in [7, 11) is 2.19. The monoisotopic (exact) mass is 205 g/mol. The van der Waals surface area contributed by atoms with Crippen molar-refractivity contribution in [2.75, 3.05) is 20.1 Å². The Bertz CT molecular complexity index is 255. The molecule has 0 N–H and O–H groups in total. The lowest BCUT2D eigenvalue weighted by Gasteiger charge is -2.19. The van der Waals surface area contributed by atoms with Crippen LogP contribution in [0.25, 0.3) is 0 Å². The predicted molar refractivity (Wildman–Crippen MR) is 67.3 cm³/mol. The van der Waals surface area contributed by atoms with Crippen molar-refractivity contribution in [3.8, 4) is 0 Å². The molecule has 0 bridgehead atoms. The van der Waals surface area contributed by atoms with E-state index in [9.17, 15) is 0 Å². The van der Waals surface area contributed by atoms with Crippen LogP contribution in [0.2, 0.25) is 0 Å². The second-order valence-corrected chi connectivity index (χ2v) is 4.20. The molecule has 0 spiro atoms. The Labute approximate surface area is 94.1 Å². The topological polar surface area (TPSA) is 3.24 Å². The van der Waals surface area contributed by atoms with Gasteiger partial charge < -0.3 is 4.90 Å². The van der Waals surface area contributed by atoms with Gasteiger partial charge in [-0.15, -0.1) is 0 Å². The van der Waals surface area contributed by atoms with E-state index in [1.807, 2.05) is 0 Å². The van der Waals surface area contributed by atoms with E-state index in [1.54, 1.807) is 0 Å². The quantitative estimate of drug-likeness (QED) is 0.687. The predicted octanol–water partition coefficient (Wildman–Crippen LogP) is 3.52. The van der Waals surface area contributed by atoms with Gasteiger partial charge in [0, 0.05) is 0 Å². The highest BCUT2D eigenvalue weighted by atomic mass is 15.1. The Kier molecular flexibility index (Phi) is 5.41. The standard InChI is InChI=1S/C14H23N/c1-4-13(11-12-15(3)5-2)14-9-7-6-8-10-14/h6-10,13H,4-5,11-12H2,1-3H3. The highest BCUT2D eigenvalue weighted by Crippen LogP contribution is 2.22. The molecule has 1 nitrogen and oxygen atoms in total. The van der Waals surface area contributed by atoms with Crippen molar-refractivity contribution in [1.29, 1.82) is 0 Å². The molecule has 0 saturated carbocycles. The number of hydrogen-bond acceptors (Lipinski definition) is 1. The molecule has 0 aliphatic carbocycles. The Balaban J connectivity index is 2.50. The SMILES string of the molecule is CCC(CCN(C)CC)c1ccccc1. The highest BCUT2D eigenvalue weighted by Gasteiger charge is 2.09. The molecule has 0 radical (unpaired) electrons. The molecule has 0 fully saturated rings. The lowest BCUT2D eigenvalue weighted by atomic mass is 9.93. The van der Waals surface area contributed by atoms with Gasteiger partial charge >= 0.3 is 0 Å². The van der Waals surface area contributed by atoms with Gasteiger partial charge in [-0.25, -0.2) is 0 Å². The average Bonchev–Trinajstić information content (AvgIpc) is 2.31. The fraction of sp³-hybridized carbons (Fsp3) is 0.571. The fourth-order valence-electron chi connectivity index (χ4n) is 1.87. The molecular formula is C14H23N. The fourth-order valence-corrected chi connectivity index (χ4v) is 1.87. The lowest BCUT2D eigenvalue weighted by Crippen LogP contribution is -2.20. The highest BCUT2D eigenvalue weighted by molar-refractivity contribution is 5.19. The number of rotatable bonds is 6. The van der Waals surface area contributed by atoms with Crippen LogP contribution in [0.3, 0.4) is 0 Å². The van der Waals surface area contributed by atoms with Gasteiger partial charge in [0.15, 0.2) is 0 Å². The molecule has 15 heavy (non-hydrogen) atoms.